The second kappa shape index (κ2) is 6.27. The molecule has 1 heterocycles. The molecule has 0 bridgehead atoms. The standard InChI is InChI=1S/C19H19N3O3/c1-25-14-6-4-11(5-7-14)13-8-16-15(17(23)9-13)10-20-19(21-16)22-18(24)12-2-3-12/h4-7,10,12-13H,2-3,8-9H2,1H3,(H,20,21,22,24). The second-order valence-electron chi connectivity index (χ2n) is 6.62. The van der Waals surface area contributed by atoms with Crippen LogP contribution in [0.2, 0.25) is 0 Å². The number of rotatable bonds is 4. The van der Waals surface area contributed by atoms with Crippen molar-refractivity contribution in [3.05, 3.63) is 47.3 Å². The molecule has 6 nitrogen and oxygen atoms in total. The van der Waals surface area contributed by atoms with Crippen molar-refractivity contribution in [1.29, 1.82) is 0 Å². The third kappa shape index (κ3) is 3.24. The summed E-state index contributed by atoms with van der Waals surface area (Å²) in [6.07, 6.45) is 4.49. The topological polar surface area (TPSA) is 81.2 Å². The third-order valence-electron chi connectivity index (χ3n) is 4.81. The molecule has 1 N–H and O–H groups in total. The first-order valence-corrected chi connectivity index (χ1v) is 8.48. The zero-order chi connectivity index (χ0) is 17.4. The fourth-order valence-corrected chi connectivity index (χ4v) is 3.17. The van der Waals surface area contributed by atoms with Crippen LogP contribution in [-0.4, -0.2) is 28.8 Å². The molecule has 0 radical (unpaired) electrons. The summed E-state index contributed by atoms with van der Waals surface area (Å²) in [7, 11) is 1.63. The van der Waals surface area contributed by atoms with Crippen LogP contribution in [0, 0.1) is 5.92 Å². The Labute approximate surface area is 145 Å². The number of nitrogens with one attached hydrogen (secondary N) is 1. The number of carbonyl (C=O) groups excluding carboxylic acids is 2. The fourth-order valence-electron chi connectivity index (χ4n) is 3.17. The number of hydrogen-bond donors (Lipinski definition) is 1. The van der Waals surface area contributed by atoms with Gasteiger partial charge in [-0.25, -0.2) is 9.97 Å². The van der Waals surface area contributed by atoms with Gasteiger partial charge >= 0.3 is 0 Å². The molecule has 1 amide bonds. The van der Waals surface area contributed by atoms with Crippen LogP contribution < -0.4 is 10.1 Å². The molecule has 2 aliphatic carbocycles. The summed E-state index contributed by atoms with van der Waals surface area (Å²) in [4.78, 5) is 32.9. The summed E-state index contributed by atoms with van der Waals surface area (Å²) < 4.78 is 5.18. The van der Waals surface area contributed by atoms with E-state index in [0.29, 0.717) is 30.0 Å². The molecule has 25 heavy (non-hydrogen) atoms. The Morgan fingerprint density at radius 2 is 1.96 bits per heavy atom. The SMILES string of the molecule is COc1ccc(C2CC(=O)c3cnc(NC(=O)C4CC4)nc3C2)cc1. The minimum absolute atomic E-state index is 0.0335. The van der Waals surface area contributed by atoms with Crippen molar-refractivity contribution in [3.8, 4) is 5.75 Å². The Hall–Kier alpha value is -2.76. The maximum Gasteiger partial charge on any atom is 0.229 e. The predicted molar refractivity (Wildman–Crippen MR) is 91.8 cm³/mol. The highest BCUT2D eigenvalue weighted by atomic mass is 16.5. The molecule has 1 fully saturated rings. The van der Waals surface area contributed by atoms with Crippen molar-refractivity contribution in [3.63, 3.8) is 0 Å². The average molecular weight is 337 g/mol. The normalized spacial score (nSPS) is 19.2. The monoisotopic (exact) mass is 337 g/mol. The van der Waals surface area contributed by atoms with Crippen molar-refractivity contribution in [1.82, 2.24) is 9.97 Å². The number of fused-ring (bicyclic) bond motifs is 1. The van der Waals surface area contributed by atoms with Crippen molar-refractivity contribution in [2.24, 2.45) is 5.92 Å². The Kier molecular flexibility index (Phi) is 3.95. The fraction of sp³-hybridized carbons (Fsp3) is 0.368. The number of ether oxygens (including phenoxy) is 1. The lowest BCUT2D eigenvalue weighted by molar-refractivity contribution is -0.117. The van der Waals surface area contributed by atoms with E-state index in [4.69, 9.17) is 4.74 Å². The lowest BCUT2D eigenvalue weighted by Gasteiger charge is -2.23. The molecule has 2 aliphatic rings. The Balaban J connectivity index is 1.56. The quantitative estimate of drug-likeness (QED) is 0.928. The molecule has 128 valence electrons. The van der Waals surface area contributed by atoms with Gasteiger partial charge in [-0.15, -0.1) is 0 Å². The molecule has 2 aromatic rings. The number of carbonyl (C=O) groups is 2. The molecule has 0 aliphatic heterocycles. The lowest BCUT2D eigenvalue weighted by Crippen LogP contribution is -2.22. The number of benzene rings is 1. The van der Waals surface area contributed by atoms with E-state index in [-0.39, 0.29) is 23.5 Å². The summed E-state index contributed by atoms with van der Waals surface area (Å²) >= 11 is 0. The molecular weight excluding hydrogens is 318 g/mol. The summed E-state index contributed by atoms with van der Waals surface area (Å²) in [6, 6.07) is 7.77. The van der Waals surface area contributed by atoms with Crippen molar-refractivity contribution >= 4 is 17.6 Å². The van der Waals surface area contributed by atoms with Crippen LogP contribution in [0.1, 0.15) is 46.8 Å². The Bertz CT molecular complexity index is 828. The number of aromatic nitrogens is 2. The highest BCUT2D eigenvalue weighted by Crippen LogP contribution is 2.33. The minimum atomic E-state index is -0.0335. The molecule has 1 saturated carbocycles. The number of ketones is 1. The van der Waals surface area contributed by atoms with E-state index in [1.807, 2.05) is 24.3 Å². The van der Waals surface area contributed by atoms with Crippen molar-refractivity contribution < 1.29 is 14.3 Å². The summed E-state index contributed by atoms with van der Waals surface area (Å²) in [6.45, 7) is 0. The van der Waals surface area contributed by atoms with Gasteiger partial charge in [-0.2, -0.15) is 0 Å². The maximum absolute atomic E-state index is 12.5. The molecule has 6 heteroatoms. The van der Waals surface area contributed by atoms with Gasteiger partial charge in [-0.3, -0.25) is 14.9 Å². The number of amides is 1. The van der Waals surface area contributed by atoms with Gasteiger partial charge in [0.15, 0.2) is 5.78 Å². The lowest BCUT2D eigenvalue weighted by atomic mass is 9.82. The highest BCUT2D eigenvalue weighted by molar-refractivity contribution is 5.99. The van der Waals surface area contributed by atoms with Crippen LogP contribution in [0.25, 0.3) is 0 Å². The molecule has 1 atom stereocenters. The van der Waals surface area contributed by atoms with E-state index in [1.54, 1.807) is 7.11 Å². The van der Waals surface area contributed by atoms with Gasteiger partial charge < -0.3 is 4.74 Å². The molecule has 0 spiro atoms. The molecule has 1 aromatic carbocycles. The molecule has 1 unspecified atom stereocenters. The number of Topliss-reactive ketones (excluding diaryl/α,β-unsaturated/α-hetero) is 1. The van der Waals surface area contributed by atoms with E-state index in [9.17, 15) is 9.59 Å². The van der Waals surface area contributed by atoms with Gasteiger partial charge in [-0.1, -0.05) is 12.1 Å². The van der Waals surface area contributed by atoms with Crippen LogP contribution in [0.3, 0.4) is 0 Å². The minimum Gasteiger partial charge on any atom is -0.497 e. The summed E-state index contributed by atoms with van der Waals surface area (Å²) in [5.41, 5.74) is 2.36. The van der Waals surface area contributed by atoms with Gasteiger partial charge in [-0.05, 0) is 42.9 Å². The van der Waals surface area contributed by atoms with Gasteiger partial charge in [0, 0.05) is 18.5 Å². The summed E-state index contributed by atoms with van der Waals surface area (Å²) in [5.74, 6) is 1.26. The van der Waals surface area contributed by atoms with E-state index in [1.165, 1.54) is 6.20 Å². The molecule has 4 rings (SSSR count). The third-order valence-corrected chi connectivity index (χ3v) is 4.81. The van der Waals surface area contributed by atoms with Crippen LogP contribution in [-0.2, 0) is 11.2 Å². The zero-order valence-corrected chi connectivity index (χ0v) is 14.0. The van der Waals surface area contributed by atoms with Crippen LogP contribution in [0.5, 0.6) is 5.75 Å². The largest absolute Gasteiger partial charge is 0.497 e. The smallest absolute Gasteiger partial charge is 0.229 e. The maximum atomic E-state index is 12.5. The second-order valence-corrected chi connectivity index (χ2v) is 6.62. The molecular formula is C19H19N3O3. The van der Waals surface area contributed by atoms with E-state index in [0.717, 1.165) is 24.2 Å². The van der Waals surface area contributed by atoms with Gasteiger partial charge in [0.1, 0.15) is 5.75 Å². The Morgan fingerprint density at radius 3 is 2.64 bits per heavy atom. The van der Waals surface area contributed by atoms with E-state index >= 15 is 0 Å². The zero-order valence-electron chi connectivity index (χ0n) is 14.0. The van der Waals surface area contributed by atoms with Crippen LogP contribution in [0.15, 0.2) is 30.5 Å². The summed E-state index contributed by atoms with van der Waals surface area (Å²) in [5, 5.41) is 2.75. The van der Waals surface area contributed by atoms with Crippen LogP contribution >= 0.6 is 0 Å². The number of hydrogen-bond acceptors (Lipinski definition) is 5. The van der Waals surface area contributed by atoms with Gasteiger partial charge in [0.2, 0.25) is 11.9 Å². The number of methoxy groups -OCH3 is 1. The predicted octanol–water partition coefficient (Wildman–Crippen LogP) is 2.75. The van der Waals surface area contributed by atoms with Gasteiger partial charge in [0.05, 0.1) is 18.4 Å². The van der Waals surface area contributed by atoms with E-state index in [2.05, 4.69) is 15.3 Å². The average Bonchev–Trinajstić information content (AvgIpc) is 3.46. The first-order valence-electron chi connectivity index (χ1n) is 8.48. The highest BCUT2D eigenvalue weighted by Gasteiger charge is 2.31. The molecule has 1 aromatic heterocycles. The first-order chi connectivity index (χ1) is 12.1. The Morgan fingerprint density at radius 1 is 1.20 bits per heavy atom. The van der Waals surface area contributed by atoms with Gasteiger partial charge in [0.25, 0.3) is 0 Å². The molecule has 0 saturated heterocycles. The number of anilines is 1. The first kappa shape index (κ1) is 15.7. The van der Waals surface area contributed by atoms with Crippen LogP contribution in [0.4, 0.5) is 5.95 Å². The van der Waals surface area contributed by atoms with Crippen molar-refractivity contribution in [2.75, 3.05) is 12.4 Å². The number of nitrogens with zero attached hydrogens (tertiary/aromatic N) is 2. The van der Waals surface area contributed by atoms with E-state index < -0.39 is 0 Å². The van der Waals surface area contributed by atoms with Crippen molar-refractivity contribution in [2.45, 2.75) is 31.6 Å².